The predicted molar refractivity (Wildman–Crippen MR) is 80.4 cm³/mol. The fourth-order valence-corrected chi connectivity index (χ4v) is 5.14. The number of nitrogens with one attached hydrogen (secondary N) is 1. The van der Waals surface area contributed by atoms with E-state index in [0.717, 1.165) is 30.9 Å². The Balaban J connectivity index is 2.03. The van der Waals surface area contributed by atoms with E-state index in [-0.39, 0.29) is 0 Å². The van der Waals surface area contributed by atoms with Gasteiger partial charge in [-0.25, -0.2) is 8.42 Å². The Morgan fingerprint density at radius 2 is 2.10 bits per heavy atom. The van der Waals surface area contributed by atoms with Gasteiger partial charge in [-0.05, 0) is 37.9 Å². The molecule has 1 aliphatic heterocycles. The van der Waals surface area contributed by atoms with Gasteiger partial charge in [-0.2, -0.15) is 4.31 Å². The van der Waals surface area contributed by atoms with Crippen LogP contribution >= 0.6 is 11.3 Å². The van der Waals surface area contributed by atoms with Crippen molar-refractivity contribution in [1.82, 2.24) is 9.62 Å². The molecule has 0 unspecified atom stereocenters. The van der Waals surface area contributed by atoms with E-state index in [1.165, 1.54) is 15.6 Å². The first-order valence-electron chi connectivity index (χ1n) is 6.81. The van der Waals surface area contributed by atoms with E-state index in [2.05, 4.69) is 5.32 Å². The van der Waals surface area contributed by atoms with E-state index >= 15 is 0 Å². The highest BCUT2D eigenvalue weighted by atomic mass is 32.2. The van der Waals surface area contributed by atoms with Crippen LogP contribution in [0, 0.1) is 5.92 Å². The minimum Gasteiger partial charge on any atom is -0.381 e. The van der Waals surface area contributed by atoms with Crippen molar-refractivity contribution in [3.05, 3.63) is 17.0 Å². The fraction of sp³-hybridized carbons (Fsp3) is 0.692. The highest BCUT2D eigenvalue weighted by Crippen LogP contribution is 2.26. The van der Waals surface area contributed by atoms with Gasteiger partial charge in [0.2, 0.25) is 0 Å². The third kappa shape index (κ3) is 3.79. The zero-order valence-corrected chi connectivity index (χ0v) is 13.6. The summed E-state index contributed by atoms with van der Waals surface area (Å²) in [6.45, 7) is 2.75. The Morgan fingerprint density at radius 3 is 2.75 bits per heavy atom. The molecule has 0 aromatic carbocycles. The number of sulfonamides is 1. The molecule has 0 spiro atoms. The van der Waals surface area contributed by atoms with E-state index in [9.17, 15) is 8.42 Å². The maximum atomic E-state index is 12.5. The largest absolute Gasteiger partial charge is 0.381 e. The number of thiophene rings is 1. The number of ether oxygens (including phenoxy) is 1. The summed E-state index contributed by atoms with van der Waals surface area (Å²) in [5.41, 5.74) is 0. The predicted octanol–water partition coefficient (Wildman–Crippen LogP) is 1.51. The first-order valence-corrected chi connectivity index (χ1v) is 9.07. The lowest BCUT2D eigenvalue weighted by Crippen LogP contribution is -2.33. The summed E-state index contributed by atoms with van der Waals surface area (Å²) in [7, 11) is 0.169. The Bertz CT molecular complexity index is 521. The van der Waals surface area contributed by atoms with Crippen LogP contribution in [-0.2, 0) is 21.3 Å². The van der Waals surface area contributed by atoms with Crippen LogP contribution in [0.4, 0.5) is 0 Å². The monoisotopic (exact) mass is 318 g/mol. The van der Waals surface area contributed by atoms with Crippen molar-refractivity contribution in [2.75, 3.05) is 33.9 Å². The van der Waals surface area contributed by atoms with Gasteiger partial charge in [0.1, 0.15) is 4.21 Å². The maximum Gasteiger partial charge on any atom is 0.252 e. The zero-order chi connectivity index (χ0) is 14.6. The summed E-state index contributed by atoms with van der Waals surface area (Å²) < 4.78 is 32.2. The van der Waals surface area contributed by atoms with Gasteiger partial charge in [0.25, 0.3) is 10.0 Å². The van der Waals surface area contributed by atoms with Crippen molar-refractivity contribution in [3.63, 3.8) is 0 Å². The molecule has 0 aliphatic carbocycles. The zero-order valence-electron chi connectivity index (χ0n) is 12.0. The highest BCUT2D eigenvalue weighted by Gasteiger charge is 2.26. The molecule has 114 valence electrons. The summed E-state index contributed by atoms with van der Waals surface area (Å²) in [5, 5.41) is 3.03. The molecule has 0 amide bonds. The minimum absolute atomic E-state index is 0.403. The van der Waals surface area contributed by atoms with Crippen molar-refractivity contribution in [1.29, 1.82) is 0 Å². The fourth-order valence-electron chi connectivity index (χ4n) is 2.31. The lowest BCUT2D eigenvalue weighted by atomic mass is 10.0. The average molecular weight is 318 g/mol. The van der Waals surface area contributed by atoms with E-state index in [0.29, 0.717) is 23.2 Å². The van der Waals surface area contributed by atoms with Gasteiger partial charge in [-0.3, -0.25) is 0 Å². The molecule has 7 heteroatoms. The van der Waals surface area contributed by atoms with Gasteiger partial charge in [0, 0.05) is 38.2 Å². The van der Waals surface area contributed by atoms with Crippen molar-refractivity contribution in [3.8, 4) is 0 Å². The second-order valence-electron chi connectivity index (χ2n) is 5.09. The van der Waals surface area contributed by atoms with Gasteiger partial charge in [0.05, 0.1) is 0 Å². The molecule has 1 aliphatic rings. The summed E-state index contributed by atoms with van der Waals surface area (Å²) in [4.78, 5) is 1.03. The summed E-state index contributed by atoms with van der Waals surface area (Å²) in [6, 6.07) is 3.57. The molecular formula is C13H22N2O3S2. The number of nitrogens with zero attached hydrogens (tertiary/aromatic N) is 1. The van der Waals surface area contributed by atoms with Gasteiger partial charge in [-0.15, -0.1) is 11.3 Å². The summed E-state index contributed by atoms with van der Waals surface area (Å²) >= 11 is 1.34. The molecule has 1 saturated heterocycles. The van der Waals surface area contributed by atoms with E-state index in [4.69, 9.17) is 4.74 Å². The molecule has 0 saturated carbocycles. The summed E-state index contributed by atoms with van der Waals surface area (Å²) in [5.74, 6) is 0.403. The van der Waals surface area contributed by atoms with Crippen LogP contribution in [0.25, 0.3) is 0 Å². The van der Waals surface area contributed by atoms with Gasteiger partial charge >= 0.3 is 0 Å². The molecule has 2 rings (SSSR count). The molecule has 20 heavy (non-hydrogen) atoms. The average Bonchev–Trinajstić information content (AvgIpc) is 2.89. The second-order valence-corrected chi connectivity index (χ2v) is 8.53. The molecule has 1 aromatic heterocycles. The first kappa shape index (κ1) is 15.9. The van der Waals surface area contributed by atoms with E-state index in [1.54, 1.807) is 13.1 Å². The number of hydrogen-bond acceptors (Lipinski definition) is 5. The van der Waals surface area contributed by atoms with Gasteiger partial charge in [0.15, 0.2) is 0 Å². The van der Waals surface area contributed by atoms with Crippen LogP contribution in [0.1, 0.15) is 17.7 Å². The molecule has 1 N–H and O–H groups in total. The highest BCUT2D eigenvalue weighted by molar-refractivity contribution is 7.91. The Hall–Kier alpha value is -0.470. The Morgan fingerprint density at radius 1 is 1.40 bits per heavy atom. The van der Waals surface area contributed by atoms with E-state index < -0.39 is 10.0 Å². The van der Waals surface area contributed by atoms with Crippen molar-refractivity contribution < 1.29 is 13.2 Å². The number of hydrogen-bond donors (Lipinski definition) is 1. The lowest BCUT2D eigenvalue weighted by Gasteiger charge is -2.26. The first-order chi connectivity index (χ1) is 9.54. The van der Waals surface area contributed by atoms with Crippen LogP contribution in [0.2, 0.25) is 0 Å². The Labute approximate surface area is 125 Å². The standard InChI is InChI=1S/C13H22N2O3S2/c1-14-9-12-3-4-13(19-12)20(16,17)15(2)10-11-5-7-18-8-6-11/h3-4,11,14H,5-10H2,1-2H3. The molecule has 1 fully saturated rings. The van der Waals surface area contributed by atoms with Crippen LogP contribution in [0.3, 0.4) is 0 Å². The maximum absolute atomic E-state index is 12.5. The molecule has 2 heterocycles. The minimum atomic E-state index is -3.35. The molecule has 0 bridgehead atoms. The third-order valence-electron chi connectivity index (χ3n) is 3.51. The van der Waals surface area contributed by atoms with Crippen LogP contribution in [0.5, 0.6) is 0 Å². The van der Waals surface area contributed by atoms with Crippen molar-refractivity contribution in [2.24, 2.45) is 5.92 Å². The normalized spacial score (nSPS) is 17.8. The van der Waals surface area contributed by atoms with Crippen molar-refractivity contribution >= 4 is 21.4 Å². The van der Waals surface area contributed by atoms with Gasteiger partial charge in [-0.1, -0.05) is 0 Å². The van der Waals surface area contributed by atoms with Crippen LogP contribution in [0.15, 0.2) is 16.3 Å². The second kappa shape index (κ2) is 7.00. The molecular weight excluding hydrogens is 296 g/mol. The molecule has 1 aromatic rings. The number of rotatable bonds is 6. The summed E-state index contributed by atoms with van der Waals surface area (Å²) in [6.07, 6.45) is 1.88. The Kier molecular flexibility index (Phi) is 5.57. The lowest BCUT2D eigenvalue weighted by molar-refractivity contribution is 0.0620. The SMILES string of the molecule is CNCc1ccc(S(=O)(=O)N(C)CC2CCOCC2)s1. The van der Waals surface area contributed by atoms with Gasteiger partial charge < -0.3 is 10.1 Å². The third-order valence-corrected chi connectivity index (χ3v) is 6.88. The smallest absolute Gasteiger partial charge is 0.252 e. The molecule has 0 atom stereocenters. The van der Waals surface area contributed by atoms with Crippen molar-refractivity contribution in [2.45, 2.75) is 23.6 Å². The quantitative estimate of drug-likeness (QED) is 0.864. The molecule has 5 nitrogen and oxygen atoms in total. The topological polar surface area (TPSA) is 58.6 Å². The van der Waals surface area contributed by atoms with Crippen LogP contribution in [-0.4, -0.2) is 46.6 Å². The van der Waals surface area contributed by atoms with E-state index in [1.807, 2.05) is 13.1 Å². The van der Waals surface area contributed by atoms with Crippen LogP contribution < -0.4 is 5.32 Å². The molecule has 0 radical (unpaired) electrons.